The number of ether oxygens (including phenoxy) is 2. The standard InChI is InChI=1S/C29H26F4O2/c1-34-19-23-6-3-20(4-7-23)2-5-22-11-17-27-25(18-22)14-13-24(28(27)30)12-8-21-9-15-26(16-10-21)35-29(31,32)33/h3-4,6-7,9-11,13-18H,2,5,8,12,19H2,1H3. The van der Waals surface area contributed by atoms with Crippen LogP contribution in [-0.2, 0) is 37.0 Å². The Morgan fingerprint density at radius 3 is 1.89 bits per heavy atom. The van der Waals surface area contributed by atoms with Crippen molar-refractivity contribution < 1.29 is 27.0 Å². The Morgan fingerprint density at radius 2 is 1.23 bits per heavy atom. The summed E-state index contributed by atoms with van der Waals surface area (Å²) < 4.78 is 61.1. The molecule has 0 N–H and O–H groups in total. The fourth-order valence-electron chi connectivity index (χ4n) is 4.13. The van der Waals surface area contributed by atoms with Crippen LogP contribution in [0.3, 0.4) is 0 Å². The van der Waals surface area contributed by atoms with E-state index in [0.29, 0.717) is 30.4 Å². The zero-order chi connectivity index (χ0) is 24.8. The van der Waals surface area contributed by atoms with E-state index in [-0.39, 0.29) is 11.6 Å². The Hall–Kier alpha value is -3.38. The van der Waals surface area contributed by atoms with E-state index in [1.165, 1.54) is 17.7 Å². The van der Waals surface area contributed by atoms with Crippen LogP contribution in [0.5, 0.6) is 5.75 Å². The molecule has 35 heavy (non-hydrogen) atoms. The van der Waals surface area contributed by atoms with Crippen molar-refractivity contribution in [2.45, 2.75) is 38.7 Å². The summed E-state index contributed by atoms with van der Waals surface area (Å²) in [5, 5.41) is 1.43. The normalized spacial score (nSPS) is 11.7. The maximum absolute atomic E-state index is 15.1. The van der Waals surface area contributed by atoms with E-state index < -0.39 is 6.36 Å². The van der Waals surface area contributed by atoms with Gasteiger partial charge in [0.1, 0.15) is 11.6 Å². The minimum atomic E-state index is -4.72. The fraction of sp³-hybridized carbons (Fsp3) is 0.241. The third-order valence-corrected chi connectivity index (χ3v) is 5.97. The van der Waals surface area contributed by atoms with Crippen LogP contribution >= 0.6 is 0 Å². The highest BCUT2D eigenvalue weighted by atomic mass is 19.4. The van der Waals surface area contributed by atoms with Crippen molar-refractivity contribution >= 4 is 10.8 Å². The summed E-state index contributed by atoms with van der Waals surface area (Å²) in [6.45, 7) is 0.599. The molecule has 0 spiro atoms. The van der Waals surface area contributed by atoms with E-state index in [4.69, 9.17) is 4.74 Å². The van der Waals surface area contributed by atoms with Crippen LogP contribution in [0.4, 0.5) is 17.6 Å². The summed E-state index contributed by atoms with van der Waals surface area (Å²) in [6, 6.07) is 23.6. The van der Waals surface area contributed by atoms with Crippen LogP contribution in [0.1, 0.15) is 27.8 Å². The molecule has 0 saturated carbocycles. The minimum Gasteiger partial charge on any atom is -0.406 e. The number of alkyl halides is 3. The molecule has 0 aliphatic heterocycles. The first-order valence-electron chi connectivity index (χ1n) is 11.4. The lowest BCUT2D eigenvalue weighted by atomic mass is 9.97. The molecule has 4 aromatic carbocycles. The molecule has 6 heteroatoms. The van der Waals surface area contributed by atoms with Crippen molar-refractivity contribution in [3.05, 3.63) is 112 Å². The van der Waals surface area contributed by atoms with Crippen LogP contribution in [0.15, 0.2) is 78.9 Å². The second kappa shape index (κ2) is 10.9. The molecular weight excluding hydrogens is 456 g/mol. The molecule has 0 aliphatic carbocycles. The van der Waals surface area contributed by atoms with Gasteiger partial charge in [-0.25, -0.2) is 4.39 Å². The van der Waals surface area contributed by atoms with Crippen LogP contribution in [0, 0.1) is 5.82 Å². The number of fused-ring (bicyclic) bond motifs is 1. The molecule has 4 aromatic rings. The molecule has 0 unspecified atom stereocenters. The summed E-state index contributed by atoms with van der Waals surface area (Å²) in [4.78, 5) is 0. The molecule has 0 amide bonds. The Balaban J connectivity index is 1.38. The monoisotopic (exact) mass is 482 g/mol. The Bertz CT molecular complexity index is 1260. The Kier molecular flexibility index (Phi) is 7.71. The van der Waals surface area contributed by atoms with Gasteiger partial charge in [-0.05, 0) is 71.0 Å². The summed E-state index contributed by atoms with van der Waals surface area (Å²) in [7, 11) is 1.68. The first kappa shape index (κ1) is 24.7. The van der Waals surface area contributed by atoms with Gasteiger partial charge in [-0.15, -0.1) is 13.2 Å². The average Bonchev–Trinajstić information content (AvgIpc) is 2.83. The molecule has 0 atom stereocenters. The second-order valence-electron chi connectivity index (χ2n) is 8.54. The highest BCUT2D eigenvalue weighted by Gasteiger charge is 2.30. The minimum absolute atomic E-state index is 0.250. The molecule has 0 fully saturated rings. The second-order valence-corrected chi connectivity index (χ2v) is 8.54. The molecule has 0 aliphatic rings. The van der Waals surface area contributed by atoms with Gasteiger partial charge in [0.2, 0.25) is 0 Å². The predicted octanol–water partition coefficient (Wildman–Crippen LogP) is 7.59. The van der Waals surface area contributed by atoms with Crippen molar-refractivity contribution in [3.8, 4) is 5.75 Å². The molecular formula is C29H26F4O2. The average molecular weight is 483 g/mol. The van der Waals surface area contributed by atoms with Gasteiger partial charge in [0.05, 0.1) is 6.61 Å². The largest absolute Gasteiger partial charge is 0.573 e. The lowest BCUT2D eigenvalue weighted by Crippen LogP contribution is -2.17. The van der Waals surface area contributed by atoms with Crippen molar-refractivity contribution in [2.75, 3.05) is 7.11 Å². The molecule has 0 saturated heterocycles. The van der Waals surface area contributed by atoms with Crippen molar-refractivity contribution in [1.82, 2.24) is 0 Å². The van der Waals surface area contributed by atoms with Gasteiger partial charge in [0.25, 0.3) is 0 Å². The molecule has 2 nitrogen and oxygen atoms in total. The molecule has 0 bridgehead atoms. The first-order chi connectivity index (χ1) is 16.8. The van der Waals surface area contributed by atoms with Crippen LogP contribution in [0.25, 0.3) is 10.8 Å². The summed E-state index contributed by atoms with van der Waals surface area (Å²) in [6.07, 6.45) is -2.01. The van der Waals surface area contributed by atoms with Gasteiger partial charge in [-0.1, -0.05) is 66.7 Å². The van der Waals surface area contributed by atoms with Crippen LogP contribution < -0.4 is 4.74 Å². The smallest absolute Gasteiger partial charge is 0.406 e. The molecule has 182 valence electrons. The van der Waals surface area contributed by atoms with Gasteiger partial charge < -0.3 is 9.47 Å². The van der Waals surface area contributed by atoms with Crippen LogP contribution in [-0.4, -0.2) is 13.5 Å². The number of halogens is 4. The van der Waals surface area contributed by atoms with E-state index in [1.54, 1.807) is 25.3 Å². The third-order valence-electron chi connectivity index (χ3n) is 5.97. The molecule has 0 heterocycles. The quantitative estimate of drug-likeness (QED) is 0.229. The number of hydrogen-bond donors (Lipinski definition) is 0. The highest BCUT2D eigenvalue weighted by molar-refractivity contribution is 5.84. The number of rotatable bonds is 9. The van der Waals surface area contributed by atoms with Crippen molar-refractivity contribution in [1.29, 1.82) is 0 Å². The number of hydrogen-bond acceptors (Lipinski definition) is 2. The third kappa shape index (κ3) is 6.83. The number of aryl methyl sites for hydroxylation is 4. The SMILES string of the molecule is COCc1ccc(CCc2ccc3c(F)c(CCc4ccc(OC(F)(F)F)cc4)ccc3c2)cc1. The van der Waals surface area contributed by atoms with E-state index >= 15 is 4.39 Å². The van der Waals surface area contributed by atoms with E-state index in [9.17, 15) is 13.2 Å². The Labute approximate surface area is 202 Å². The summed E-state index contributed by atoms with van der Waals surface area (Å²) in [5.74, 6) is -0.517. The highest BCUT2D eigenvalue weighted by Crippen LogP contribution is 2.26. The van der Waals surface area contributed by atoms with Gasteiger partial charge >= 0.3 is 6.36 Å². The van der Waals surface area contributed by atoms with E-state index in [2.05, 4.69) is 29.0 Å². The lowest BCUT2D eigenvalue weighted by Gasteiger charge is -2.10. The van der Waals surface area contributed by atoms with Gasteiger partial charge in [-0.2, -0.15) is 0 Å². The summed E-state index contributed by atoms with van der Waals surface area (Å²) >= 11 is 0. The van der Waals surface area contributed by atoms with Crippen molar-refractivity contribution in [2.24, 2.45) is 0 Å². The van der Waals surface area contributed by atoms with E-state index in [1.807, 2.05) is 24.3 Å². The van der Waals surface area contributed by atoms with Crippen LogP contribution in [0.2, 0.25) is 0 Å². The molecule has 0 radical (unpaired) electrons. The topological polar surface area (TPSA) is 18.5 Å². The Morgan fingerprint density at radius 1 is 0.657 bits per heavy atom. The number of benzene rings is 4. The fourth-order valence-corrected chi connectivity index (χ4v) is 4.13. The molecule has 0 aromatic heterocycles. The molecule has 4 rings (SSSR count). The first-order valence-corrected chi connectivity index (χ1v) is 11.4. The maximum Gasteiger partial charge on any atom is 0.573 e. The zero-order valence-electron chi connectivity index (χ0n) is 19.4. The van der Waals surface area contributed by atoms with Gasteiger partial charge in [0.15, 0.2) is 0 Å². The van der Waals surface area contributed by atoms with Crippen molar-refractivity contribution in [3.63, 3.8) is 0 Å². The summed E-state index contributed by atoms with van der Waals surface area (Å²) in [5.41, 5.74) is 4.92. The predicted molar refractivity (Wildman–Crippen MR) is 129 cm³/mol. The zero-order valence-corrected chi connectivity index (χ0v) is 19.4. The van der Waals surface area contributed by atoms with Gasteiger partial charge in [0, 0.05) is 12.5 Å². The van der Waals surface area contributed by atoms with E-state index in [0.717, 1.165) is 34.9 Å². The lowest BCUT2D eigenvalue weighted by molar-refractivity contribution is -0.274. The maximum atomic E-state index is 15.1. The number of methoxy groups -OCH3 is 1. The van der Waals surface area contributed by atoms with Gasteiger partial charge in [-0.3, -0.25) is 0 Å².